The number of aryl methyl sites for hydroxylation is 1. The van der Waals surface area contributed by atoms with Crippen molar-refractivity contribution in [2.75, 3.05) is 0 Å². The number of primary amides is 1. The number of hydrogen-bond acceptors (Lipinski definition) is 2. The summed E-state index contributed by atoms with van der Waals surface area (Å²) in [7, 11) is 0. The molecule has 1 aromatic carbocycles. The van der Waals surface area contributed by atoms with Gasteiger partial charge in [-0.25, -0.2) is 9.37 Å². The molecular formula is C19H21FN4O. The second kappa shape index (κ2) is 6.93. The largest absolute Gasteiger partial charge is 0.366 e. The minimum Gasteiger partial charge on any atom is -0.366 e. The molecule has 0 spiro atoms. The predicted molar refractivity (Wildman–Crippen MR) is 94.8 cm³/mol. The summed E-state index contributed by atoms with van der Waals surface area (Å²) >= 11 is 0. The van der Waals surface area contributed by atoms with E-state index in [1.165, 1.54) is 12.1 Å². The van der Waals surface area contributed by atoms with Crippen molar-refractivity contribution in [3.63, 3.8) is 0 Å². The number of hydrogen-bond donors (Lipinski definition) is 2. The number of amides is 1. The van der Waals surface area contributed by atoms with Crippen LogP contribution in [0.25, 0.3) is 11.1 Å². The third kappa shape index (κ3) is 3.20. The first-order valence-corrected chi connectivity index (χ1v) is 8.27. The Balaban J connectivity index is 2.10. The van der Waals surface area contributed by atoms with E-state index in [0.29, 0.717) is 12.1 Å². The van der Waals surface area contributed by atoms with Crippen LogP contribution in [0.1, 0.15) is 34.4 Å². The van der Waals surface area contributed by atoms with Gasteiger partial charge in [0.25, 0.3) is 5.91 Å². The van der Waals surface area contributed by atoms with Crippen LogP contribution in [0.3, 0.4) is 0 Å². The quantitative estimate of drug-likeness (QED) is 0.723. The van der Waals surface area contributed by atoms with Crippen LogP contribution in [-0.2, 0) is 19.4 Å². The van der Waals surface area contributed by atoms with E-state index in [2.05, 4.69) is 14.5 Å². The predicted octanol–water partition coefficient (Wildman–Crippen LogP) is 3.23. The standard InChI is InChI=1S/C19H21FN4O/c1-3-16-18(13-4-6-14(20)7-5-13)17(19(21)25)12(2)24(16)9-8-15-10-22-11-23-15/h4-7,10-11H,3,8-9H2,1-2H3,(H2,21,25)(H,22,23). The number of rotatable bonds is 6. The maximum absolute atomic E-state index is 13.3. The van der Waals surface area contributed by atoms with Gasteiger partial charge < -0.3 is 15.3 Å². The van der Waals surface area contributed by atoms with E-state index >= 15 is 0 Å². The van der Waals surface area contributed by atoms with E-state index in [1.54, 1.807) is 24.7 Å². The van der Waals surface area contributed by atoms with Crippen LogP contribution in [0.4, 0.5) is 4.39 Å². The van der Waals surface area contributed by atoms with Gasteiger partial charge in [-0.2, -0.15) is 0 Å². The number of benzene rings is 1. The number of imidazole rings is 1. The van der Waals surface area contributed by atoms with Crippen molar-refractivity contribution in [2.45, 2.75) is 33.2 Å². The Morgan fingerprint density at radius 1 is 1.32 bits per heavy atom. The highest BCUT2D eigenvalue weighted by molar-refractivity contribution is 6.02. The van der Waals surface area contributed by atoms with Crippen LogP contribution in [-0.4, -0.2) is 20.4 Å². The van der Waals surface area contributed by atoms with Crippen molar-refractivity contribution in [3.8, 4) is 11.1 Å². The molecule has 25 heavy (non-hydrogen) atoms. The van der Waals surface area contributed by atoms with Crippen LogP contribution >= 0.6 is 0 Å². The number of halogens is 1. The summed E-state index contributed by atoms with van der Waals surface area (Å²) in [5.74, 6) is -0.773. The second-order valence-corrected chi connectivity index (χ2v) is 5.99. The number of carbonyl (C=O) groups excluding carboxylic acids is 1. The molecule has 0 atom stereocenters. The normalized spacial score (nSPS) is 11.0. The molecule has 0 saturated heterocycles. The number of nitrogens with two attached hydrogens (primary N) is 1. The van der Waals surface area contributed by atoms with Crippen molar-refractivity contribution in [1.82, 2.24) is 14.5 Å². The van der Waals surface area contributed by atoms with Crippen LogP contribution in [0, 0.1) is 12.7 Å². The Labute approximate surface area is 145 Å². The molecule has 0 fully saturated rings. The highest BCUT2D eigenvalue weighted by Gasteiger charge is 2.23. The van der Waals surface area contributed by atoms with E-state index in [4.69, 9.17) is 5.73 Å². The smallest absolute Gasteiger partial charge is 0.251 e. The molecule has 3 rings (SSSR count). The zero-order valence-electron chi connectivity index (χ0n) is 14.3. The fourth-order valence-corrected chi connectivity index (χ4v) is 3.35. The Morgan fingerprint density at radius 3 is 2.60 bits per heavy atom. The molecule has 5 nitrogen and oxygen atoms in total. The molecule has 0 aliphatic heterocycles. The summed E-state index contributed by atoms with van der Waals surface area (Å²) in [6.45, 7) is 4.65. The van der Waals surface area contributed by atoms with E-state index in [0.717, 1.165) is 41.1 Å². The molecule has 2 heterocycles. The minimum atomic E-state index is -0.466. The number of carbonyl (C=O) groups is 1. The summed E-state index contributed by atoms with van der Waals surface area (Å²) in [6.07, 6.45) is 4.95. The van der Waals surface area contributed by atoms with Gasteiger partial charge in [0, 0.05) is 41.8 Å². The molecule has 1 amide bonds. The SMILES string of the molecule is CCc1c(-c2ccc(F)cc2)c(C(N)=O)c(C)n1CCc1cnc[nH]1. The summed E-state index contributed by atoms with van der Waals surface area (Å²) < 4.78 is 15.4. The lowest BCUT2D eigenvalue weighted by molar-refractivity contribution is 0.1000. The highest BCUT2D eigenvalue weighted by Crippen LogP contribution is 2.33. The fraction of sp³-hybridized carbons (Fsp3) is 0.263. The van der Waals surface area contributed by atoms with Crippen LogP contribution in [0.2, 0.25) is 0 Å². The van der Waals surface area contributed by atoms with Crippen molar-refractivity contribution in [1.29, 1.82) is 0 Å². The first-order valence-electron chi connectivity index (χ1n) is 8.27. The minimum absolute atomic E-state index is 0.308. The zero-order valence-corrected chi connectivity index (χ0v) is 14.3. The molecule has 0 saturated carbocycles. The Bertz CT molecular complexity index is 879. The van der Waals surface area contributed by atoms with Gasteiger partial charge >= 0.3 is 0 Å². The first kappa shape index (κ1) is 17.0. The lowest BCUT2D eigenvalue weighted by atomic mass is 9.99. The molecule has 0 radical (unpaired) electrons. The maximum atomic E-state index is 13.3. The molecule has 3 aromatic rings. The van der Waals surface area contributed by atoms with Crippen molar-refractivity contribution < 1.29 is 9.18 Å². The van der Waals surface area contributed by atoms with Crippen LogP contribution in [0.5, 0.6) is 0 Å². The molecule has 0 aliphatic rings. The lowest BCUT2D eigenvalue weighted by Gasteiger charge is -2.11. The molecular weight excluding hydrogens is 319 g/mol. The topological polar surface area (TPSA) is 76.7 Å². The van der Waals surface area contributed by atoms with Gasteiger partial charge in [-0.05, 0) is 31.0 Å². The summed E-state index contributed by atoms with van der Waals surface area (Å²) in [4.78, 5) is 19.2. The average Bonchev–Trinajstić information content (AvgIpc) is 3.19. The highest BCUT2D eigenvalue weighted by atomic mass is 19.1. The van der Waals surface area contributed by atoms with Gasteiger partial charge in [0.1, 0.15) is 5.82 Å². The second-order valence-electron chi connectivity index (χ2n) is 5.99. The third-order valence-electron chi connectivity index (χ3n) is 4.50. The summed E-state index contributed by atoms with van der Waals surface area (Å²) in [5, 5.41) is 0. The fourth-order valence-electron chi connectivity index (χ4n) is 3.35. The summed E-state index contributed by atoms with van der Waals surface area (Å²) in [6, 6.07) is 6.18. The third-order valence-corrected chi connectivity index (χ3v) is 4.50. The number of nitrogens with zero attached hydrogens (tertiary/aromatic N) is 2. The summed E-state index contributed by atoms with van der Waals surface area (Å²) in [5.41, 5.74) is 10.7. The number of H-pyrrole nitrogens is 1. The maximum Gasteiger partial charge on any atom is 0.251 e. The Morgan fingerprint density at radius 2 is 2.04 bits per heavy atom. The number of aromatic nitrogens is 3. The van der Waals surface area contributed by atoms with Gasteiger partial charge in [-0.1, -0.05) is 19.1 Å². The van der Waals surface area contributed by atoms with E-state index in [-0.39, 0.29) is 5.82 Å². The average molecular weight is 340 g/mol. The van der Waals surface area contributed by atoms with Crippen molar-refractivity contribution in [2.24, 2.45) is 5.73 Å². The van der Waals surface area contributed by atoms with E-state index in [9.17, 15) is 9.18 Å². The molecule has 0 aliphatic carbocycles. The van der Waals surface area contributed by atoms with Gasteiger partial charge in [0.05, 0.1) is 11.9 Å². The zero-order chi connectivity index (χ0) is 18.0. The monoisotopic (exact) mass is 340 g/mol. The van der Waals surface area contributed by atoms with E-state index < -0.39 is 5.91 Å². The van der Waals surface area contributed by atoms with Crippen molar-refractivity contribution >= 4 is 5.91 Å². The van der Waals surface area contributed by atoms with Gasteiger partial charge in [0.2, 0.25) is 0 Å². The van der Waals surface area contributed by atoms with Crippen LogP contribution < -0.4 is 5.73 Å². The number of nitrogens with one attached hydrogen (secondary N) is 1. The van der Waals surface area contributed by atoms with E-state index in [1.807, 2.05) is 13.8 Å². The molecule has 130 valence electrons. The van der Waals surface area contributed by atoms with Crippen molar-refractivity contribution in [3.05, 3.63) is 65.3 Å². The van der Waals surface area contributed by atoms with Crippen LogP contribution in [0.15, 0.2) is 36.8 Å². The first-order chi connectivity index (χ1) is 12.0. The lowest BCUT2D eigenvalue weighted by Crippen LogP contribution is -2.14. The Kier molecular flexibility index (Phi) is 4.70. The number of aromatic amines is 1. The molecule has 2 aromatic heterocycles. The van der Waals surface area contributed by atoms with Gasteiger partial charge in [-0.3, -0.25) is 4.79 Å². The Hall–Kier alpha value is -2.89. The molecule has 0 bridgehead atoms. The van der Waals surface area contributed by atoms with Gasteiger partial charge in [-0.15, -0.1) is 0 Å². The molecule has 0 unspecified atom stereocenters. The van der Waals surface area contributed by atoms with Gasteiger partial charge in [0.15, 0.2) is 0 Å². The molecule has 3 N–H and O–H groups in total. The molecule has 6 heteroatoms.